The summed E-state index contributed by atoms with van der Waals surface area (Å²) in [6.07, 6.45) is 1.98. The van der Waals surface area contributed by atoms with Crippen molar-refractivity contribution in [3.8, 4) is 5.75 Å². The highest BCUT2D eigenvalue weighted by atomic mass is 16.5. The fourth-order valence-electron chi connectivity index (χ4n) is 4.06. The molecule has 0 amide bonds. The lowest BCUT2D eigenvalue weighted by Crippen LogP contribution is -2.41. The lowest BCUT2D eigenvalue weighted by molar-refractivity contribution is 0.0241. The van der Waals surface area contributed by atoms with E-state index in [-0.39, 0.29) is 5.92 Å². The van der Waals surface area contributed by atoms with Crippen molar-refractivity contribution >= 4 is 0 Å². The summed E-state index contributed by atoms with van der Waals surface area (Å²) in [4.78, 5) is 2.49. The van der Waals surface area contributed by atoms with Crippen LogP contribution < -0.4 is 4.74 Å². The van der Waals surface area contributed by atoms with E-state index in [9.17, 15) is 5.11 Å². The van der Waals surface area contributed by atoms with Crippen LogP contribution in [0.3, 0.4) is 0 Å². The molecule has 0 aliphatic carbocycles. The second-order valence-corrected chi connectivity index (χ2v) is 7.04. The first-order valence-corrected chi connectivity index (χ1v) is 8.98. The number of ether oxygens (including phenoxy) is 1. The number of aliphatic hydroxyl groups excluding tert-OH is 1. The predicted molar refractivity (Wildman–Crippen MR) is 95.2 cm³/mol. The molecule has 0 aromatic heterocycles. The molecule has 0 saturated carbocycles. The Hall–Kier alpha value is -1.84. The Morgan fingerprint density at radius 3 is 2.46 bits per heavy atom. The summed E-state index contributed by atoms with van der Waals surface area (Å²) >= 11 is 0. The Balaban J connectivity index is 1.35. The fourth-order valence-corrected chi connectivity index (χ4v) is 4.06. The van der Waals surface area contributed by atoms with Crippen molar-refractivity contribution in [3.63, 3.8) is 0 Å². The third kappa shape index (κ3) is 3.19. The minimum Gasteiger partial charge on any atom is -0.493 e. The molecule has 2 aliphatic rings. The molecule has 0 radical (unpaired) electrons. The van der Waals surface area contributed by atoms with E-state index in [1.54, 1.807) is 0 Å². The molecule has 1 fully saturated rings. The SMILES string of the molecule is O[C@@H]1c2ccccc2OC[C@@H]1CN1CCC(c2ccccc2)CC1. The summed E-state index contributed by atoms with van der Waals surface area (Å²) in [5, 5.41) is 10.7. The van der Waals surface area contributed by atoms with Crippen LogP contribution >= 0.6 is 0 Å². The molecule has 3 heteroatoms. The Bertz CT molecular complexity index is 665. The molecule has 126 valence electrons. The molecule has 2 aromatic rings. The van der Waals surface area contributed by atoms with Gasteiger partial charge in [0.15, 0.2) is 0 Å². The molecule has 2 aliphatic heterocycles. The van der Waals surface area contributed by atoms with E-state index in [0.717, 1.165) is 30.9 Å². The van der Waals surface area contributed by atoms with Gasteiger partial charge in [-0.2, -0.15) is 0 Å². The summed E-state index contributed by atoms with van der Waals surface area (Å²) < 4.78 is 5.85. The molecule has 2 atom stereocenters. The van der Waals surface area contributed by atoms with Crippen molar-refractivity contribution < 1.29 is 9.84 Å². The minimum atomic E-state index is -0.415. The highest BCUT2D eigenvalue weighted by Crippen LogP contribution is 2.36. The van der Waals surface area contributed by atoms with E-state index in [1.165, 1.54) is 18.4 Å². The number of para-hydroxylation sites is 1. The first-order chi connectivity index (χ1) is 11.8. The van der Waals surface area contributed by atoms with Crippen LogP contribution in [0.2, 0.25) is 0 Å². The van der Waals surface area contributed by atoms with E-state index in [2.05, 4.69) is 35.2 Å². The number of hydrogen-bond acceptors (Lipinski definition) is 3. The van der Waals surface area contributed by atoms with Gasteiger partial charge in [-0.15, -0.1) is 0 Å². The molecule has 4 rings (SSSR count). The zero-order chi connectivity index (χ0) is 16.4. The number of fused-ring (bicyclic) bond motifs is 1. The molecule has 1 saturated heterocycles. The lowest BCUT2D eigenvalue weighted by atomic mass is 9.88. The molecule has 0 bridgehead atoms. The Morgan fingerprint density at radius 2 is 1.67 bits per heavy atom. The number of likely N-dealkylation sites (tertiary alicyclic amines) is 1. The summed E-state index contributed by atoms with van der Waals surface area (Å²) in [6, 6.07) is 18.7. The van der Waals surface area contributed by atoms with Crippen LogP contribution in [0.1, 0.15) is 36.0 Å². The van der Waals surface area contributed by atoms with Crippen LogP contribution in [0.4, 0.5) is 0 Å². The summed E-state index contributed by atoms with van der Waals surface area (Å²) in [7, 11) is 0. The largest absolute Gasteiger partial charge is 0.493 e. The Morgan fingerprint density at radius 1 is 0.958 bits per heavy atom. The van der Waals surface area contributed by atoms with Crippen molar-refractivity contribution in [1.29, 1.82) is 0 Å². The number of rotatable bonds is 3. The minimum absolute atomic E-state index is 0.160. The van der Waals surface area contributed by atoms with Gasteiger partial charge < -0.3 is 14.7 Å². The molecule has 0 spiro atoms. The molecular weight excluding hydrogens is 298 g/mol. The van der Waals surface area contributed by atoms with Crippen LogP contribution in [-0.4, -0.2) is 36.2 Å². The third-order valence-electron chi connectivity index (χ3n) is 5.49. The van der Waals surface area contributed by atoms with E-state index in [0.29, 0.717) is 12.5 Å². The summed E-state index contributed by atoms with van der Waals surface area (Å²) in [5.41, 5.74) is 2.40. The van der Waals surface area contributed by atoms with Gasteiger partial charge >= 0.3 is 0 Å². The van der Waals surface area contributed by atoms with Gasteiger partial charge in [0.25, 0.3) is 0 Å². The van der Waals surface area contributed by atoms with Crippen molar-refractivity contribution in [1.82, 2.24) is 4.90 Å². The smallest absolute Gasteiger partial charge is 0.125 e. The number of piperidine rings is 1. The molecule has 24 heavy (non-hydrogen) atoms. The topological polar surface area (TPSA) is 32.7 Å². The second-order valence-electron chi connectivity index (χ2n) is 7.04. The Kier molecular flexibility index (Phi) is 4.54. The molecule has 0 unspecified atom stereocenters. The third-order valence-corrected chi connectivity index (χ3v) is 5.49. The maximum atomic E-state index is 10.7. The van der Waals surface area contributed by atoms with Gasteiger partial charge in [-0.3, -0.25) is 0 Å². The van der Waals surface area contributed by atoms with Gasteiger partial charge in [-0.05, 0) is 43.5 Å². The van der Waals surface area contributed by atoms with Crippen molar-refractivity contribution in [3.05, 3.63) is 65.7 Å². The van der Waals surface area contributed by atoms with E-state index >= 15 is 0 Å². The number of hydrogen-bond donors (Lipinski definition) is 1. The van der Waals surface area contributed by atoms with Crippen LogP contribution in [0.15, 0.2) is 54.6 Å². The van der Waals surface area contributed by atoms with Gasteiger partial charge in [0, 0.05) is 18.0 Å². The van der Waals surface area contributed by atoms with Crippen molar-refractivity contribution in [2.75, 3.05) is 26.2 Å². The van der Waals surface area contributed by atoms with E-state index in [1.807, 2.05) is 24.3 Å². The fraction of sp³-hybridized carbons (Fsp3) is 0.429. The Labute approximate surface area is 143 Å². The average molecular weight is 323 g/mol. The van der Waals surface area contributed by atoms with Crippen LogP contribution in [-0.2, 0) is 0 Å². The number of benzene rings is 2. The second kappa shape index (κ2) is 6.96. The number of nitrogens with zero attached hydrogens (tertiary/aromatic N) is 1. The normalized spacial score (nSPS) is 25.0. The van der Waals surface area contributed by atoms with E-state index < -0.39 is 6.10 Å². The van der Waals surface area contributed by atoms with Gasteiger partial charge in [0.2, 0.25) is 0 Å². The maximum absolute atomic E-state index is 10.7. The first kappa shape index (κ1) is 15.7. The molecule has 1 N–H and O–H groups in total. The van der Waals surface area contributed by atoms with Gasteiger partial charge in [-0.25, -0.2) is 0 Å². The molecule has 2 heterocycles. The van der Waals surface area contributed by atoms with Crippen LogP contribution in [0, 0.1) is 5.92 Å². The zero-order valence-electron chi connectivity index (χ0n) is 14.0. The maximum Gasteiger partial charge on any atom is 0.125 e. The van der Waals surface area contributed by atoms with Crippen molar-refractivity contribution in [2.45, 2.75) is 24.9 Å². The standard InChI is InChI=1S/C21H25NO2/c23-21-18(15-24-20-9-5-4-8-19(20)21)14-22-12-10-17(11-13-22)16-6-2-1-3-7-16/h1-9,17-18,21,23H,10-15H2/t18-,21-/m0/s1. The average Bonchev–Trinajstić information content (AvgIpc) is 2.66. The quantitative estimate of drug-likeness (QED) is 0.936. The van der Waals surface area contributed by atoms with Gasteiger partial charge in [-0.1, -0.05) is 48.5 Å². The molecule has 2 aromatic carbocycles. The van der Waals surface area contributed by atoms with Gasteiger partial charge in [0.1, 0.15) is 5.75 Å². The van der Waals surface area contributed by atoms with Crippen LogP contribution in [0.5, 0.6) is 5.75 Å². The van der Waals surface area contributed by atoms with E-state index in [4.69, 9.17) is 4.74 Å². The molecule has 3 nitrogen and oxygen atoms in total. The molecular formula is C21H25NO2. The van der Waals surface area contributed by atoms with Crippen LogP contribution in [0.25, 0.3) is 0 Å². The number of aliphatic hydroxyl groups is 1. The summed E-state index contributed by atoms with van der Waals surface area (Å²) in [6.45, 7) is 3.72. The predicted octanol–water partition coefficient (Wildman–Crippen LogP) is 3.61. The van der Waals surface area contributed by atoms with Crippen molar-refractivity contribution in [2.24, 2.45) is 5.92 Å². The van der Waals surface area contributed by atoms with Gasteiger partial charge in [0.05, 0.1) is 12.7 Å². The highest BCUT2D eigenvalue weighted by molar-refractivity contribution is 5.37. The summed E-state index contributed by atoms with van der Waals surface area (Å²) in [5.74, 6) is 1.67. The zero-order valence-corrected chi connectivity index (χ0v) is 14.0. The lowest BCUT2D eigenvalue weighted by Gasteiger charge is -2.37. The monoisotopic (exact) mass is 323 g/mol. The highest BCUT2D eigenvalue weighted by Gasteiger charge is 2.31. The first-order valence-electron chi connectivity index (χ1n) is 8.98.